The number of nitrogens with zero attached hydrogens (tertiary/aromatic N) is 3. The third-order valence-electron chi connectivity index (χ3n) is 5.06. The maximum absolute atomic E-state index is 13.2. The second kappa shape index (κ2) is 7.56. The van der Waals surface area contributed by atoms with E-state index in [-0.39, 0.29) is 5.57 Å². The van der Waals surface area contributed by atoms with Crippen LogP contribution in [0.1, 0.15) is 26.8 Å². The van der Waals surface area contributed by atoms with Crippen molar-refractivity contribution in [2.45, 2.75) is 13.0 Å². The molecule has 0 saturated heterocycles. The molecule has 0 spiro atoms. The number of aryl methyl sites for hydroxylation is 1. The van der Waals surface area contributed by atoms with Gasteiger partial charge in [0.2, 0.25) is 5.78 Å². The van der Waals surface area contributed by atoms with Gasteiger partial charge in [0.15, 0.2) is 10.9 Å². The van der Waals surface area contributed by atoms with E-state index < -0.39 is 23.5 Å². The Bertz CT molecular complexity index is 1320. The molecule has 1 N–H and O–H groups in total. The minimum Gasteiger partial charge on any atom is -0.503 e. The maximum Gasteiger partial charge on any atom is 0.296 e. The molecule has 31 heavy (non-hydrogen) atoms. The van der Waals surface area contributed by atoms with Gasteiger partial charge in [0.25, 0.3) is 5.91 Å². The average Bonchev–Trinajstić information content (AvgIpc) is 3.48. The molecule has 1 unspecified atom stereocenters. The van der Waals surface area contributed by atoms with Crippen molar-refractivity contribution in [1.29, 1.82) is 0 Å². The summed E-state index contributed by atoms with van der Waals surface area (Å²) in [5.74, 6) is -1.63. The fraction of sp³-hybridized carbons (Fsp3) is 0.0909. The van der Waals surface area contributed by atoms with Gasteiger partial charge < -0.3 is 5.11 Å². The van der Waals surface area contributed by atoms with Crippen LogP contribution in [0, 0.1) is 6.92 Å². The number of aromatic nitrogens is 2. The lowest BCUT2D eigenvalue weighted by Crippen LogP contribution is -2.31. The van der Waals surface area contributed by atoms with Crippen molar-refractivity contribution < 1.29 is 14.7 Å². The number of carbonyl (C=O) groups is 2. The maximum atomic E-state index is 13.2. The number of benzene rings is 1. The molecule has 1 atom stereocenters. The smallest absolute Gasteiger partial charge is 0.296 e. The minimum absolute atomic E-state index is 0.0221. The lowest BCUT2D eigenvalue weighted by Gasteiger charge is -2.23. The van der Waals surface area contributed by atoms with Gasteiger partial charge in [-0.15, -0.1) is 11.3 Å². The molecule has 3 aromatic heterocycles. The number of hydrogen-bond donors (Lipinski definition) is 1. The van der Waals surface area contributed by atoms with Gasteiger partial charge in [0.1, 0.15) is 0 Å². The minimum atomic E-state index is -0.840. The number of aliphatic hydroxyl groups is 1. The summed E-state index contributed by atoms with van der Waals surface area (Å²) in [6.07, 6.45) is 3.19. The average molecular weight is 468 g/mol. The fourth-order valence-electron chi connectivity index (χ4n) is 3.57. The van der Waals surface area contributed by atoms with Gasteiger partial charge in [-0.3, -0.25) is 19.5 Å². The standard InChI is InChI=1S/C22H14ClN3O3S2/c1-11-8-16-14(9-13(11)23)25-22(31-16)26-18(12-4-2-6-24-10-12)17(20(28)21(26)29)19(27)15-5-3-7-30-15/h2-10,18,28H,1H3. The number of pyridine rings is 1. The summed E-state index contributed by atoms with van der Waals surface area (Å²) in [5.41, 5.74) is 2.17. The third kappa shape index (κ3) is 3.23. The molecule has 1 aliphatic heterocycles. The van der Waals surface area contributed by atoms with Crippen molar-refractivity contribution in [2.75, 3.05) is 4.90 Å². The van der Waals surface area contributed by atoms with E-state index in [1.807, 2.05) is 13.0 Å². The van der Waals surface area contributed by atoms with Crippen LogP contribution in [0.2, 0.25) is 5.02 Å². The molecular formula is C22H14ClN3O3S2. The van der Waals surface area contributed by atoms with Crippen LogP contribution in [0.25, 0.3) is 10.2 Å². The van der Waals surface area contributed by atoms with Crippen LogP contribution in [0.15, 0.2) is 65.5 Å². The van der Waals surface area contributed by atoms with Crippen LogP contribution >= 0.6 is 34.3 Å². The fourth-order valence-corrected chi connectivity index (χ4v) is 5.48. The summed E-state index contributed by atoms with van der Waals surface area (Å²) in [5, 5.41) is 13.5. The lowest BCUT2D eigenvalue weighted by molar-refractivity contribution is -0.117. The van der Waals surface area contributed by atoms with Crippen LogP contribution in [0.3, 0.4) is 0 Å². The first-order chi connectivity index (χ1) is 15.0. The number of amides is 1. The van der Waals surface area contributed by atoms with E-state index in [9.17, 15) is 14.7 Å². The third-order valence-corrected chi connectivity index (χ3v) is 7.35. The Hall–Kier alpha value is -3.07. The molecule has 4 heterocycles. The molecule has 0 aliphatic carbocycles. The van der Waals surface area contributed by atoms with Crippen LogP contribution < -0.4 is 4.90 Å². The zero-order valence-corrected chi connectivity index (χ0v) is 18.5. The first kappa shape index (κ1) is 19.9. The number of ketones is 1. The van der Waals surface area contributed by atoms with E-state index in [0.717, 1.165) is 10.3 Å². The number of anilines is 1. The van der Waals surface area contributed by atoms with Crippen molar-refractivity contribution in [3.05, 3.63) is 86.5 Å². The van der Waals surface area contributed by atoms with E-state index in [4.69, 9.17) is 11.6 Å². The molecule has 0 radical (unpaired) electrons. The quantitative estimate of drug-likeness (QED) is 0.401. The van der Waals surface area contributed by atoms with Crippen LogP contribution in [0.5, 0.6) is 0 Å². The largest absolute Gasteiger partial charge is 0.503 e. The highest BCUT2D eigenvalue weighted by atomic mass is 35.5. The van der Waals surface area contributed by atoms with Crippen LogP contribution in [-0.2, 0) is 4.79 Å². The Morgan fingerprint density at radius 2 is 2.10 bits per heavy atom. The summed E-state index contributed by atoms with van der Waals surface area (Å²) in [7, 11) is 0. The molecule has 6 nitrogen and oxygen atoms in total. The Balaban J connectivity index is 1.68. The molecule has 1 aromatic carbocycles. The Labute approximate surface area is 190 Å². The van der Waals surface area contributed by atoms with Crippen molar-refractivity contribution >= 4 is 61.3 Å². The molecule has 5 rings (SSSR count). The highest BCUT2D eigenvalue weighted by Crippen LogP contribution is 2.44. The van der Waals surface area contributed by atoms with Gasteiger partial charge >= 0.3 is 0 Å². The topological polar surface area (TPSA) is 83.4 Å². The highest BCUT2D eigenvalue weighted by molar-refractivity contribution is 7.22. The van der Waals surface area contributed by atoms with E-state index in [1.54, 1.807) is 48.1 Å². The van der Waals surface area contributed by atoms with Gasteiger partial charge in [-0.25, -0.2) is 4.98 Å². The molecule has 9 heteroatoms. The predicted octanol–water partition coefficient (Wildman–Crippen LogP) is 5.50. The molecule has 0 bridgehead atoms. The normalized spacial score (nSPS) is 16.5. The number of rotatable bonds is 4. The molecule has 1 amide bonds. The van der Waals surface area contributed by atoms with Crippen molar-refractivity contribution in [2.24, 2.45) is 0 Å². The summed E-state index contributed by atoms with van der Waals surface area (Å²) in [6, 6.07) is 9.73. The Morgan fingerprint density at radius 3 is 2.81 bits per heavy atom. The monoisotopic (exact) mass is 467 g/mol. The molecule has 0 saturated carbocycles. The van der Waals surface area contributed by atoms with Crippen molar-refractivity contribution in [3.63, 3.8) is 0 Å². The number of halogens is 1. The lowest BCUT2D eigenvalue weighted by atomic mass is 9.97. The second-order valence-corrected chi connectivity index (χ2v) is 9.36. The first-order valence-electron chi connectivity index (χ1n) is 9.27. The highest BCUT2D eigenvalue weighted by Gasteiger charge is 2.46. The molecular weight excluding hydrogens is 454 g/mol. The SMILES string of the molecule is Cc1cc2sc(N3C(=O)C(O)=C(C(=O)c4cccs4)C3c3cccnc3)nc2cc1Cl. The number of carbonyl (C=O) groups excluding carboxylic acids is 2. The van der Waals surface area contributed by atoms with Gasteiger partial charge in [-0.2, -0.15) is 0 Å². The summed E-state index contributed by atoms with van der Waals surface area (Å²) in [4.78, 5) is 37.0. The Morgan fingerprint density at radius 1 is 1.26 bits per heavy atom. The molecule has 1 aliphatic rings. The number of thiazole rings is 1. The van der Waals surface area contributed by atoms with Crippen LogP contribution in [-0.4, -0.2) is 26.8 Å². The van der Waals surface area contributed by atoms with Gasteiger partial charge in [0, 0.05) is 17.4 Å². The summed E-state index contributed by atoms with van der Waals surface area (Å²) in [6.45, 7) is 1.89. The first-order valence-corrected chi connectivity index (χ1v) is 11.3. The number of hydrogen-bond acceptors (Lipinski definition) is 7. The van der Waals surface area contributed by atoms with E-state index in [2.05, 4.69) is 9.97 Å². The molecule has 4 aromatic rings. The summed E-state index contributed by atoms with van der Waals surface area (Å²) < 4.78 is 0.854. The van der Waals surface area contributed by atoms with E-state index >= 15 is 0 Å². The number of fused-ring (bicyclic) bond motifs is 1. The number of Topliss-reactive ketones (excluding diaryl/α,β-unsaturated/α-hetero) is 1. The zero-order chi connectivity index (χ0) is 21.7. The second-order valence-electron chi connectivity index (χ2n) is 7.00. The van der Waals surface area contributed by atoms with Crippen molar-refractivity contribution in [1.82, 2.24) is 9.97 Å². The summed E-state index contributed by atoms with van der Waals surface area (Å²) >= 11 is 8.79. The predicted molar refractivity (Wildman–Crippen MR) is 122 cm³/mol. The van der Waals surface area contributed by atoms with E-state index in [1.165, 1.54) is 27.6 Å². The number of aliphatic hydroxyl groups excluding tert-OH is 1. The number of thiophene rings is 1. The Kier molecular flexibility index (Phi) is 4.85. The molecule has 0 fully saturated rings. The van der Waals surface area contributed by atoms with Gasteiger partial charge in [0.05, 0.1) is 26.7 Å². The van der Waals surface area contributed by atoms with Gasteiger partial charge in [-0.05, 0) is 47.7 Å². The van der Waals surface area contributed by atoms with Crippen molar-refractivity contribution in [3.8, 4) is 0 Å². The molecule has 154 valence electrons. The zero-order valence-electron chi connectivity index (χ0n) is 16.1. The van der Waals surface area contributed by atoms with Crippen LogP contribution in [0.4, 0.5) is 5.13 Å². The van der Waals surface area contributed by atoms with E-state index in [0.29, 0.717) is 26.1 Å². The van der Waals surface area contributed by atoms with Gasteiger partial charge in [-0.1, -0.05) is 35.1 Å².